The lowest BCUT2D eigenvalue weighted by molar-refractivity contribution is 0.503. The fraction of sp³-hybridized carbons (Fsp3) is 1.00. The zero-order valence-electron chi connectivity index (χ0n) is 6.12. The summed E-state index contributed by atoms with van der Waals surface area (Å²) in [6.45, 7) is 9.19. The molecule has 0 bridgehead atoms. The van der Waals surface area contributed by atoms with Crippen molar-refractivity contribution in [2.45, 2.75) is 31.9 Å². The molecule has 0 radical (unpaired) electrons. The lowest BCUT2D eigenvalue weighted by Crippen LogP contribution is -2.59. The molecule has 0 spiro atoms. The molecule has 0 atom stereocenters. The third-order valence-electron chi connectivity index (χ3n) is 1.40. The lowest BCUT2D eigenvalue weighted by Gasteiger charge is -2.46. The highest BCUT2D eigenvalue weighted by Gasteiger charge is 2.47. The van der Waals surface area contributed by atoms with E-state index in [-0.39, 0.29) is 0 Å². The second kappa shape index (κ2) is 1.46. The fourth-order valence-corrected chi connectivity index (χ4v) is 15.9. The van der Waals surface area contributed by atoms with Crippen molar-refractivity contribution >= 4 is 16.6 Å². The summed E-state index contributed by atoms with van der Waals surface area (Å²) in [5, 5.41) is 0. The van der Waals surface area contributed by atoms with Gasteiger partial charge in [0.1, 0.15) is 0 Å². The van der Waals surface area contributed by atoms with Gasteiger partial charge >= 0.3 is 0 Å². The first-order valence-electron chi connectivity index (χ1n) is 3.12. The maximum absolute atomic E-state index is 5.79. The fourth-order valence-electron chi connectivity index (χ4n) is 1.76. The van der Waals surface area contributed by atoms with Crippen LogP contribution in [0.3, 0.4) is 0 Å². The first kappa shape index (κ1) is 6.51. The summed E-state index contributed by atoms with van der Waals surface area (Å²) in [7, 11) is -2.05. The minimum Gasteiger partial charge on any atom is -0.456 e. The summed E-state index contributed by atoms with van der Waals surface area (Å²) in [5.74, 6) is 0. The Morgan fingerprint density at radius 1 is 1.00 bits per heavy atom. The second-order valence-corrected chi connectivity index (χ2v) is 13.1. The summed E-state index contributed by atoms with van der Waals surface area (Å²) < 4.78 is 5.79. The van der Waals surface area contributed by atoms with E-state index in [9.17, 15) is 0 Å². The van der Waals surface area contributed by atoms with Crippen molar-refractivity contribution in [3.05, 3.63) is 0 Å². The monoisotopic (exact) mass is 146 g/mol. The van der Waals surface area contributed by atoms with E-state index < -0.39 is 16.6 Å². The van der Waals surface area contributed by atoms with Crippen LogP contribution in [0.25, 0.3) is 0 Å². The van der Waals surface area contributed by atoms with Crippen LogP contribution < -0.4 is 0 Å². The largest absolute Gasteiger partial charge is 0.456 e. The van der Waals surface area contributed by atoms with Gasteiger partial charge in [-0.15, -0.1) is 0 Å². The van der Waals surface area contributed by atoms with E-state index >= 15 is 0 Å². The van der Waals surface area contributed by atoms with Crippen molar-refractivity contribution in [3.8, 4) is 0 Å². The van der Waals surface area contributed by atoms with Crippen LogP contribution in [-0.2, 0) is 4.12 Å². The molecule has 0 aliphatic carbocycles. The molecule has 0 saturated carbocycles. The second-order valence-electron chi connectivity index (χ2n) is 3.80. The third-order valence-corrected chi connectivity index (χ3v) is 12.6. The minimum atomic E-state index is -1.02. The van der Waals surface area contributed by atoms with Gasteiger partial charge in [0.05, 0.1) is 0 Å². The summed E-state index contributed by atoms with van der Waals surface area (Å²) in [6.07, 6.45) is 0. The standard InChI is InChI=1S/C5H14OSi2/c1-7(2)5-8(3,4)6-7/h5H2,1-4H3. The molecule has 1 nitrogen and oxygen atoms in total. The molecule has 0 aromatic heterocycles. The quantitative estimate of drug-likeness (QED) is 0.475. The van der Waals surface area contributed by atoms with Crippen molar-refractivity contribution in [1.29, 1.82) is 0 Å². The maximum atomic E-state index is 5.79. The Balaban J connectivity index is 2.42. The normalized spacial score (nSPS) is 31.5. The summed E-state index contributed by atoms with van der Waals surface area (Å²) in [5.41, 5.74) is 1.46. The van der Waals surface area contributed by atoms with E-state index in [0.29, 0.717) is 0 Å². The van der Waals surface area contributed by atoms with Gasteiger partial charge in [-0.25, -0.2) is 0 Å². The van der Waals surface area contributed by atoms with Gasteiger partial charge in [0.2, 0.25) is 0 Å². The van der Waals surface area contributed by atoms with Crippen molar-refractivity contribution in [2.75, 3.05) is 0 Å². The van der Waals surface area contributed by atoms with Crippen LogP contribution in [0, 0.1) is 0 Å². The molecule has 3 heteroatoms. The van der Waals surface area contributed by atoms with Crippen molar-refractivity contribution < 1.29 is 4.12 Å². The predicted molar refractivity (Wildman–Crippen MR) is 40.9 cm³/mol. The average Bonchev–Trinajstić information content (AvgIpc) is 1.20. The average molecular weight is 146 g/mol. The third kappa shape index (κ3) is 1.21. The predicted octanol–water partition coefficient (Wildman–Crippen LogP) is 1.97. The highest BCUT2D eigenvalue weighted by Crippen LogP contribution is 2.34. The van der Waals surface area contributed by atoms with E-state index in [1.807, 2.05) is 0 Å². The first-order chi connectivity index (χ1) is 3.41. The molecule has 48 valence electrons. The summed E-state index contributed by atoms with van der Waals surface area (Å²) >= 11 is 0. The molecule has 1 heterocycles. The Labute approximate surface area is 53.3 Å². The molecular weight excluding hydrogens is 132 g/mol. The molecule has 1 aliphatic heterocycles. The number of hydrogen-bond acceptors (Lipinski definition) is 1. The van der Waals surface area contributed by atoms with Crippen LogP contribution in [0.1, 0.15) is 0 Å². The number of hydrogen-bond donors (Lipinski definition) is 0. The van der Waals surface area contributed by atoms with E-state index in [1.54, 1.807) is 0 Å². The summed E-state index contributed by atoms with van der Waals surface area (Å²) in [6, 6.07) is 0. The highest BCUT2D eigenvalue weighted by atomic mass is 28.5. The van der Waals surface area contributed by atoms with Gasteiger partial charge in [-0.2, -0.15) is 0 Å². The molecule has 8 heavy (non-hydrogen) atoms. The molecule has 0 aromatic carbocycles. The molecule has 0 unspecified atom stereocenters. The molecular formula is C5H14OSi2. The lowest BCUT2D eigenvalue weighted by atomic mass is 11.8. The Morgan fingerprint density at radius 3 is 1.25 bits per heavy atom. The molecule has 0 aromatic rings. The Bertz CT molecular complexity index is 87.0. The van der Waals surface area contributed by atoms with Gasteiger partial charge in [-0.1, -0.05) is 0 Å². The maximum Gasteiger partial charge on any atom is 0.173 e. The highest BCUT2D eigenvalue weighted by molar-refractivity contribution is 7.02. The van der Waals surface area contributed by atoms with Crippen LogP contribution >= 0.6 is 0 Å². The number of rotatable bonds is 0. The van der Waals surface area contributed by atoms with Gasteiger partial charge in [0.25, 0.3) is 0 Å². The molecule has 1 aliphatic rings. The smallest absolute Gasteiger partial charge is 0.173 e. The molecule has 1 fully saturated rings. The van der Waals surface area contributed by atoms with Crippen LogP contribution in [0.15, 0.2) is 0 Å². The van der Waals surface area contributed by atoms with Crippen LogP contribution in [0.4, 0.5) is 0 Å². The summed E-state index contributed by atoms with van der Waals surface area (Å²) in [4.78, 5) is 0. The van der Waals surface area contributed by atoms with Crippen molar-refractivity contribution in [2.24, 2.45) is 0 Å². The minimum absolute atomic E-state index is 1.02. The van der Waals surface area contributed by atoms with E-state index in [0.717, 1.165) is 0 Å². The van der Waals surface area contributed by atoms with Gasteiger partial charge in [0, 0.05) is 0 Å². The zero-order chi connectivity index (χ0) is 6.41. The zero-order valence-corrected chi connectivity index (χ0v) is 8.12. The molecule has 0 amide bonds. The van der Waals surface area contributed by atoms with Crippen molar-refractivity contribution in [1.82, 2.24) is 0 Å². The topological polar surface area (TPSA) is 9.23 Å². The van der Waals surface area contributed by atoms with Gasteiger partial charge in [0.15, 0.2) is 16.6 Å². The van der Waals surface area contributed by atoms with E-state index in [1.165, 1.54) is 5.67 Å². The van der Waals surface area contributed by atoms with Crippen molar-refractivity contribution in [3.63, 3.8) is 0 Å². The Hall–Kier alpha value is 0.394. The van der Waals surface area contributed by atoms with Gasteiger partial charge < -0.3 is 4.12 Å². The van der Waals surface area contributed by atoms with Crippen LogP contribution in [0.5, 0.6) is 0 Å². The van der Waals surface area contributed by atoms with Crippen LogP contribution in [0.2, 0.25) is 31.9 Å². The molecule has 1 saturated heterocycles. The molecule has 0 N–H and O–H groups in total. The first-order valence-corrected chi connectivity index (χ1v) is 9.35. The molecule has 1 rings (SSSR count). The van der Waals surface area contributed by atoms with E-state index in [2.05, 4.69) is 26.2 Å². The van der Waals surface area contributed by atoms with E-state index in [4.69, 9.17) is 4.12 Å². The van der Waals surface area contributed by atoms with Gasteiger partial charge in [-0.05, 0) is 31.9 Å². The Morgan fingerprint density at radius 2 is 1.25 bits per heavy atom. The van der Waals surface area contributed by atoms with Gasteiger partial charge in [-0.3, -0.25) is 0 Å². The Kier molecular flexibility index (Phi) is 1.19. The van der Waals surface area contributed by atoms with Crippen LogP contribution in [-0.4, -0.2) is 16.6 Å². The SMILES string of the molecule is C[Si]1(C)C[Si](C)(C)O1.